The molecule has 0 saturated carbocycles. The molecule has 0 spiro atoms. The van der Waals surface area contributed by atoms with E-state index in [-0.39, 0.29) is 11.9 Å². The molecular formula is C24H26N8O. The SMILES string of the molecule is CC(C)c1cnnc(Nc2ccc3ncc(-c4cnn(C[C@@H]5CCC(=O)N5C)c4)cc3n2)c1. The van der Waals surface area contributed by atoms with Gasteiger partial charge in [0.1, 0.15) is 5.82 Å². The van der Waals surface area contributed by atoms with E-state index in [1.807, 2.05) is 59.5 Å². The van der Waals surface area contributed by atoms with Crippen molar-refractivity contribution < 1.29 is 4.79 Å². The maximum Gasteiger partial charge on any atom is 0.222 e. The van der Waals surface area contributed by atoms with Crippen molar-refractivity contribution in [3.05, 3.63) is 54.6 Å². The molecule has 4 aromatic heterocycles. The third-order valence-electron chi connectivity index (χ3n) is 6.13. The molecule has 1 atom stereocenters. The minimum atomic E-state index is 0.188. The molecule has 33 heavy (non-hydrogen) atoms. The number of nitrogens with one attached hydrogen (secondary N) is 1. The minimum absolute atomic E-state index is 0.188. The third kappa shape index (κ3) is 4.39. The van der Waals surface area contributed by atoms with Crippen molar-refractivity contribution in [1.82, 2.24) is 34.8 Å². The molecule has 5 heterocycles. The second-order valence-electron chi connectivity index (χ2n) is 8.76. The van der Waals surface area contributed by atoms with Crippen molar-refractivity contribution in [2.45, 2.75) is 45.2 Å². The van der Waals surface area contributed by atoms with Gasteiger partial charge in [0.15, 0.2) is 5.82 Å². The van der Waals surface area contributed by atoms with Crippen LogP contribution < -0.4 is 5.32 Å². The summed E-state index contributed by atoms with van der Waals surface area (Å²) in [5.74, 6) is 1.91. The highest BCUT2D eigenvalue weighted by Crippen LogP contribution is 2.25. The van der Waals surface area contributed by atoms with E-state index in [0.717, 1.165) is 34.1 Å². The van der Waals surface area contributed by atoms with Crippen molar-refractivity contribution in [2.75, 3.05) is 12.4 Å². The Morgan fingerprint density at radius 1 is 1.09 bits per heavy atom. The lowest BCUT2D eigenvalue weighted by molar-refractivity contribution is -0.127. The molecule has 9 heteroatoms. The third-order valence-corrected chi connectivity index (χ3v) is 6.13. The van der Waals surface area contributed by atoms with E-state index >= 15 is 0 Å². The van der Waals surface area contributed by atoms with Gasteiger partial charge < -0.3 is 10.2 Å². The number of hydrogen-bond donors (Lipinski definition) is 1. The Kier molecular flexibility index (Phi) is 5.45. The minimum Gasteiger partial charge on any atom is -0.341 e. The van der Waals surface area contributed by atoms with Gasteiger partial charge in [-0.3, -0.25) is 14.5 Å². The lowest BCUT2D eigenvalue weighted by atomic mass is 10.1. The van der Waals surface area contributed by atoms with E-state index in [0.29, 0.717) is 30.5 Å². The number of likely N-dealkylation sites (N-methyl/N-ethyl adjacent to an activating group) is 1. The number of carbonyl (C=O) groups is 1. The maximum absolute atomic E-state index is 11.8. The highest BCUT2D eigenvalue weighted by Gasteiger charge is 2.27. The summed E-state index contributed by atoms with van der Waals surface area (Å²) in [5, 5.41) is 16.0. The first-order chi connectivity index (χ1) is 16.0. The molecule has 0 bridgehead atoms. The van der Waals surface area contributed by atoms with Crippen LogP contribution in [-0.4, -0.2) is 53.8 Å². The van der Waals surface area contributed by atoms with Gasteiger partial charge >= 0.3 is 0 Å². The van der Waals surface area contributed by atoms with E-state index in [9.17, 15) is 4.79 Å². The molecule has 1 fully saturated rings. The molecule has 1 amide bonds. The van der Waals surface area contributed by atoms with Crippen LogP contribution in [0.25, 0.3) is 22.2 Å². The molecule has 0 aliphatic carbocycles. The summed E-state index contributed by atoms with van der Waals surface area (Å²) < 4.78 is 1.89. The molecule has 0 unspecified atom stereocenters. The predicted molar refractivity (Wildman–Crippen MR) is 126 cm³/mol. The van der Waals surface area contributed by atoms with Crippen LogP contribution in [0.5, 0.6) is 0 Å². The summed E-state index contributed by atoms with van der Waals surface area (Å²) in [7, 11) is 1.86. The number of anilines is 2. The van der Waals surface area contributed by atoms with E-state index in [1.165, 1.54) is 0 Å². The van der Waals surface area contributed by atoms with Crippen molar-refractivity contribution >= 4 is 28.6 Å². The van der Waals surface area contributed by atoms with E-state index in [2.05, 4.69) is 39.4 Å². The summed E-state index contributed by atoms with van der Waals surface area (Å²) in [6.45, 7) is 4.93. The molecule has 1 N–H and O–H groups in total. The first-order valence-corrected chi connectivity index (χ1v) is 11.1. The Hall–Kier alpha value is -3.88. The molecule has 4 aromatic rings. The number of rotatable bonds is 6. The fourth-order valence-corrected chi connectivity index (χ4v) is 4.03. The average molecular weight is 443 g/mol. The first kappa shape index (κ1) is 21.0. The molecule has 5 rings (SSSR count). The number of amides is 1. The van der Waals surface area contributed by atoms with Crippen molar-refractivity contribution in [1.29, 1.82) is 0 Å². The second kappa shape index (κ2) is 8.57. The van der Waals surface area contributed by atoms with Gasteiger partial charge in [-0.2, -0.15) is 10.2 Å². The Labute approximate surface area is 191 Å². The Morgan fingerprint density at radius 2 is 1.97 bits per heavy atom. The molecular weight excluding hydrogens is 416 g/mol. The van der Waals surface area contributed by atoms with Crippen LogP contribution in [0.2, 0.25) is 0 Å². The Bertz CT molecular complexity index is 1310. The normalized spacial score (nSPS) is 16.2. The van der Waals surface area contributed by atoms with Crippen LogP contribution in [0.15, 0.2) is 49.1 Å². The van der Waals surface area contributed by atoms with Crippen LogP contribution in [0.1, 0.15) is 38.2 Å². The fraction of sp³-hybridized carbons (Fsp3) is 0.333. The number of hydrogen-bond acceptors (Lipinski definition) is 7. The number of likely N-dealkylation sites (tertiary alicyclic amines) is 1. The molecule has 1 aliphatic rings. The number of aromatic nitrogens is 6. The fourth-order valence-electron chi connectivity index (χ4n) is 4.03. The summed E-state index contributed by atoms with van der Waals surface area (Å²) in [6, 6.07) is 8.01. The standard InChI is InChI=1S/C24H26N8O/c1-15(2)16-9-23(30-26-11-16)29-22-6-5-20-21(28-22)8-17(10-25-20)18-12-27-32(13-18)14-19-4-7-24(33)31(19)3/h5-6,8-13,15,19H,4,7,14H2,1-3H3,(H,28,29,30)/t19-/m0/s1. The first-order valence-electron chi connectivity index (χ1n) is 11.1. The number of pyridine rings is 2. The maximum atomic E-state index is 11.8. The largest absolute Gasteiger partial charge is 0.341 e. The van der Waals surface area contributed by atoms with Gasteiger partial charge in [0.05, 0.1) is 36.0 Å². The van der Waals surface area contributed by atoms with Crippen molar-refractivity contribution in [2.24, 2.45) is 0 Å². The number of fused-ring (bicyclic) bond motifs is 1. The van der Waals surface area contributed by atoms with Crippen LogP contribution in [-0.2, 0) is 11.3 Å². The van der Waals surface area contributed by atoms with Gasteiger partial charge in [0, 0.05) is 37.0 Å². The smallest absolute Gasteiger partial charge is 0.222 e. The summed E-state index contributed by atoms with van der Waals surface area (Å²) in [5.41, 5.74) is 4.61. The van der Waals surface area contributed by atoms with Crippen LogP contribution in [0.3, 0.4) is 0 Å². The number of nitrogens with zero attached hydrogens (tertiary/aromatic N) is 7. The second-order valence-corrected chi connectivity index (χ2v) is 8.76. The quantitative estimate of drug-likeness (QED) is 0.485. The van der Waals surface area contributed by atoms with E-state index in [4.69, 9.17) is 4.98 Å². The molecule has 0 aromatic carbocycles. The molecule has 168 valence electrons. The number of carbonyl (C=O) groups excluding carboxylic acids is 1. The van der Waals surface area contributed by atoms with E-state index in [1.54, 1.807) is 6.20 Å². The van der Waals surface area contributed by atoms with Gasteiger partial charge in [-0.05, 0) is 42.2 Å². The summed E-state index contributed by atoms with van der Waals surface area (Å²) >= 11 is 0. The van der Waals surface area contributed by atoms with Crippen LogP contribution in [0.4, 0.5) is 11.6 Å². The van der Waals surface area contributed by atoms with Crippen LogP contribution in [0, 0.1) is 0 Å². The van der Waals surface area contributed by atoms with Crippen LogP contribution >= 0.6 is 0 Å². The molecule has 0 radical (unpaired) electrons. The summed E-state index contributed by atoms with van der Waals surface area (Å²) in [6.07, 6.45) is 8.92. The molecule has 1 saturated heterocycles. The average Bonchev–Trinajstić information content (AvgIpc) is 3.41. The lowest BCUT2D eigenvalue weighted by Crippen LogP contribution is -2.32. The van der Waals surface area contributed by atoms with Gasteiger partial charge in [0.2, 0.25) is 5.91 Å². The Balaban J connectivity index is 1.36. The van der Waals surface area contributed by atoms with Gasteiger partial charge in [0.25, 0.3) is 0 Å². The van der Waals surface area contributed by atoms with Crippen molar-refractivity contribution in [3.63, 3.8) is 0 Å². The Morgan fingerprint density at radius 3 is 2.76 bits per heavy atom. The lowest BCUT2D eigenvalue weighted by Gasteiger charge is -2.19. The van der Waals surface area contributed by atoms with Gasteiger partial charge in [-0.15, -0.1) is 5.10 Å². The topological polar surface area (TPSA) is 102 Å². The zero-order valence-electron chi connectivity index (χ0n) is 18.9. The predicted octanol–water partition coefficient (Wildman–Crippen LogP) is 3.77. The summed E-state index contributed by atoms with van der Waals surface area (Å²) in [4.78, 5) is 22.9. The monoisotopic (exact) mass is 442 g/mol. The van der Waals surface area contributed by atoms with Crippen molar-refractivity contribution in [3.8, 4) is 11.1 Å². The highest BCUT2D eigenvalue weighted by atomic mass is 16.2. The highest BCUT2D eigenvalue weighted by molar-refractivity contribution is 5.81. The van der Waals surface area contributed by atoms with E-state index < -0.39 is 0 Å². The zero-order chi connectivity index (χ0) is 22.9. The van der Waals surface area contributed by atoms with Gasteiger partial charge in [-0.1, -0.05) is 13.8 Å². The molecule has 1 aliphatic heterocycles. The van der Waals surface area contributed by atoms with Gasteiger partial charge in [-0.25, -0.2) is 4.98 Å². The zero-order valence-corrected chi connectivity index (χ0v) is 18.9. The molecule has 9 nitrogen and oxygen atoms in total.